The molecule has 1 N–H and O–H groups in total. The number of nitrogens with one attached hydrogen (secondary N) is 1. The summed E-state index contributed by atoms with van der Waals surface area (Å²) >= 11 is 0. The summed E-state index contributed by atoms with van der Waals surface area (Å²) in [6, 6.07) is 6.13. The highest BCUT2D eigenvalue weighted by molar-refractivity contribution is 5.94. The van der Waals surface area contributed by atoms with Crippen LogP contribution < -0.4 is 10.2 Å². The number of likely N-dealkylation sites (N-methyl/N-ethyl adjacent to an activating group) is 1. The van der Waals surface area contributed by atoms with Crippen molar-refractivity contribution in [2.45, 2.75) is 13.3 Å². The molecule has 1 aromatic carbocycles. The highest BCUT2D eigenvalue weighted by atomic mass is 19.3. The molecule has 0 atom stereocenters. The van der Waals surface area contributed by atoms with Gasteiger partial charge in [-0.15, -0.1) is 15.3 Å². The quantitative estimate of drug-likeness (QED) is 0.664. The largest absolute Gasteiger partial charge is 0.346 e. The molecule has 0 saturated heterocycles. The third-order valence-corrected chi connectivity index (χ3v) is 3.74. The van der Waals surface area contributed by atoms with Gasteiger partial charge in [0, 0.05) is 6.54 Å². The molecule has 0 spiro atoms. The smallest absolute Gasteiger partial charge is 0.299 e. The second-order valence-electron chi connectivity index (χ2n) is 5.48. The lowest BCUT2D eigenvalue weighted by atomic mass is 10.3. The normalized spacial score (nSPS) is 11.2. The first-order valence-electron chi connectivity index (χ1n) is 7.90. The summed E-state index contributed by atoms with van der Waals surface area (Å²) in [7, 11) is 0. The average Bonchev–Trinajstić information content (AvgIpc) is 3.06. The summed E-state index contributed by atoms with van der Waals surface area (Å²) in [6.45, 7) is 1.70. The van der Waals surface area contributed by atoms with Gasteiger partial charge in [-0.1, -0.05) is 6.07 Å². The van der Waals surface area contributed by atoms with Gasteiger partial charge in [-0.25, -0.2) is 17.6 Å². The Kier molecular flexibility index (Phi) is 5.19. The Balaban J connectivity index is 1.81. The number of carbonyl (C=O) groups is 1. The molecule has 0 aliphatic rings. The summed E-state index contributed by atoms with van der Waals surface area (Å²) in [5, 5.41) is 13.2. The van der Waals surface area contributed by atoms with Crippen LogP contribution in [0.3, 0.4) is 0 Å². The topological polar surface area (TPSA) is 75.4 Å². The Hall–Kier alpha value is -3.24. The molecule has 3 aromatic rings. The van der Waals surface area contributed by atoms with E-state index in [0.29, 0.717) is 0 Å². The first kappa shape index (κ1) is 18.5. The van der Waals surface area contributed by atoms with Gasteiger partial charge >= 0.3 is 0 Å². The van der Waals surface area contributed by atoms with Crippen LogP contribution in [-0.4, -0.2) is 38.8 Å². The zero-order chi connectivity index (χ0) is 19.6. The monoisotopic (exact) mass is 382 g/mol. The minimum absolute atomic E-state index is 0.128. The van der Waals surface area contributed by atoms with Crippen molar-refractivity contribution in [2.24, 2.45) is 0 Å². The molecule has 0 unspecified atom stereocenters. The second kappa shape index (κ2) is 7.56. The maximum Gasteiger partial charge on any atom is 0.299 e. The zero-order valence-electron chi connectivity index (χ0n) is 14.0. The van der Waals surface area contributed by atoms with Crippen molar-refractivity contribution < 1.29 is 22.4 Å². The molecule has 0 saturated carbocycles. The van der Waals surface area contributed by atoms with Crippen molar-refractivity contribution >= 4 is 23.1 Å². The Morgan fingerprint density at radius 2 is 1.89 bits per heavy atom. The number of halogens is 4. The predicted octanol–water partition coefficient (Wildman–Crippen LogP) is 2.81. The Labute approximate surface area is 150 Å². The van der Waals surface area contributed by atoms with E-state index in [0.717, 1.165) is 16.6 Å². The van der Waals surface area contributed by atoms with E-state index in [4.69, 9.17) is 0 Å². The maximum absolute atomic E-state index is 13.6. The molecule has 2 aromatic heterocycles. The lowest BCUT2D eigenvalue weighted by Crippen LogP contribution is -2.34. The molecule has 7 nitrogen and oxygen atoms in total. The molecule has 0 fully saturated rings. The molecule has 0 aliphatic heterocycles. The molecule has 142 valence electrons. The van der Waals surface area contributed by atoms with Gasteiger partial charge in [-0.3, -0.25) is 4.79 Å². The fourth-order valence-corrected chi connectivity index (χ4v) is 2.42. The van der Waals surface area contributed by atoms with Gasteiger partial charge in [0.05, 0.1) is 6.54 Å². The first-order valence-corrected chi connectivity index (χ1v) is 7.90. The van der Waals surface area contributed by atoms with E-state index in [2.05, 4.69) is 20.6 Å². The Morgan fingerprint density at radius 3 is 2.52 bits per heavy atom. The number of aromatic nitrogens is 4. The van der Waals surface area contributed by atoms with Crippen molar-refractivity contribution in [3.8, 4) is 0 Å². The minimum Gasteiger partial charge on any atom is -0.346 e. The standard InChI is InChI=1S/C16H14F4N6O/c1-2-25(8-13(27)21-14-9(17)4-3-5-10(14)18)12-7-6-11-22-23-16(15(19)20)26(11)24-12/h3-7,15H,2,8H2,1H3,(H,21,27). The third kappa shape index (κ3) is 3.81. The van der Waals surface area contributed by atoms with Crippen molar-refractivity contribution in [3.05, 3.63) is 47.8 Å². The van der Waals surface area contributed by atoms with Crippen LogP contribution in [0.1, 0.15) is 19.2 Å². The number of rotatable bonds is 6. The SMILES string of the molecule is CCN(CC(=O)Nc1c(F)cccc1F)c1ccc2nnc(C(F)F)n2n1. The van der Waals surface area contributed by atoms with Crippen LogP contribution in [0.15, 0.2) is 30.3 Å². The molecule has 0 bridgehead atoms. The molecular weight excluding hydrogens is 368 g/mol. The van der Waals surface area contributed by atoms with Gasteiger partial charge in [0.1, 0.15) is 23.1 Å². The number of nitrogens with zero attached hydrogens (tertiary/aromatic N) is 5. The highest BCUT2D eigenvalue weighted by Gasteiger charge is 2.19. The van der Waals surface area contributed by atoms with E-state index in [1.165, 1.54) is 23.1 Å². The number of hydrogen-bond donors (Lipinski definition) is 1. The van der Waals surface area contributed by atoms with Gasteiger partial charge in [0.25, 0.3) is 6.43 Å². The lowest BCUT2D eigenvalue weighted by Gasteiger charge is -2.21. The average molecular weight is 382 g/mol. The summed E-state index contributed by atoms with van der Waals surface area (Å²) < 4.78 is 54.1. The van der Waals surface area contributed by atoms with Crippen LogP contribution in [0.2, 0.25) is 0 Å². The zero-order valence-corrected chi connectivity index (χ0v) is 14.0. The molecular formula is C16H14F4N6O. The number of anilines is 2. The number of fused-ring (bicyclic) bond motifs is 1. The number of para-hydroxylation sites is 1. The Morgan fingerprint density at radius 1 is 1.19 bits per heavy atom. The molecule has 11 heteroatoms. The van der Waals surface area contributed by atoms with Crippen LogP contribution in [-0.2, 0) is 4.79 Å². The highest BCUT2D eigenvalue weighted by Crippen LogP contribution is 2.20. The maximum atomic E-state index is 13.6. The van der Waals surface area contributed by atoms with Crippen LogP contribution >= 0.6 is 0 Å². The summed E-state index contributed by atoms with van der Waals surface area (Å²) in [6.07, 6.45) is -2.87. The number of alkyl halides is 2. The fraction of sp³-hybridized carbons (Fsp3) is 0.250. The van der Waals surface area contributed by atoms with Crippen LogP contribution in [0.4, 0.5) is 29.1 Å². The summed E-state index contributed by atoms with van der Waals surface area (Å²) in [4.78, 5) is 13.6. The molecule has 0 aliphatic carbocycles. The van der Waals surface area contributed by atoms with E-state index < -0.39 is 35.5 Å². The van der Waals surface area contributed by atoms with Crippen LogP contribution in [0.25, 0.3) is 5.65 Å². The van der Waals surface area contributed by atoms with Gasteiger partial charge in [0.15, 0.2) is 5.65 Å². The third-order valence-electron chi connectivity index (χ3n) is 3.74. The summed E-state index contributed by atoms with van der Waals surface area (Å²) in [5.74, 6) is -2.92. The number of amides is 1. The van der Waals surface area contributed by atoms with Crippen LogP contribution in [0, 0.1) is 11.6 Å². The molecule has 3 rings (SSSR count). The van der Waals surface area contributed by atoms with Crippen LogP contribution in [0.5, 0.6) is 0 Å². The van der Waals surface area contributed by atoms with Crippen molar-refractivity contribution in [1.29, 1.82) is 0 Å². The lowest BCUT2D eigenvalue weighted by molar-refractivity contribution is -0.115. The molecule has 27 heavy (non-hydrogen) atoms. The van der Waals surface area contributed by atoms with Crippen molar-refractivity contribution in [3.63, 3.8) is 0 Å². The van der Waals surface area contributed by atoms with E-state index in [9.17, 15) is 22.4 Å². The second-order valence-corrected chi connectivity index (χ2v) is 5.48. The van der Waals surface area contributed by atoms with E-state index in [1.54, 1.807) is 6.92 Å². The van der Waals surface area contributed by atoms with E-state index in [1.807, 2.05) is 0 Å². The first-order chi connectivity index (χ1) is 12.9. The van der Waals surface area contributed by atoms with E-state index >= 15 is 0 Å². The molecule has 0 radical (unpaired) electrons. The molecule has 2 heterocycles. The Bertz CT molecular complexity index is 956. The summed E-state index contributed by atoms with van der Waals surface area (Å²) in [5.41, 5.74) is -0.427. The number of benzene rings is 1. The molecule has 1 amide bonds. The van der Waals surface area contributed by atoms with Gasteiger partial charge in [-0.05, 0) is 31.2 Å². The van der Waals surface area contributed by atoms with Gasteiger partial charge in [0.2, 0.25) is 11.7 Å². The number of hydrogen-bond acceptors (Lipinski definition) is 5. The van der Waals surface area contributed by atoms with Gasteiger partial charge < -0.3 is 10.2 Å². The minimum atomic E-state index is -2.87. The predicted molar refractivity (Wildman–Crippen MR) is 88.6 cm³/mol. The van der Waals surface area contributed by atoms with Gasteiger partial charge in [-0.2, -0.15) is 4.52 Å². The van der Waals surface area contributed by atoms with E-state index in [-0.39, 0.29) is 24.6 Å². The van der Waals surface area contributed by atoms with Crippen molar-refractivity contribution in [1.82, 2.24) is 19.8 Å². The van der Waals surface area contributed by atoms with Crippen molar-refractivity contribution in [2.75, 3.05) is 23.3 Å². The number of carbonyl (C=O) groups excluding carboxylic acids is 1. The fourth-order valence-electron chi connectivity index (χ4n) is 2.42.